The Labute approximate surface area is 196 Å². The normalized spacial score (nSPS) is 11.7. The van der Waals surface area contributed by atoms with Gasteiger partial charge in [-0.25, -0.2) is 18.5 Å². The zero-order valence-corrected chi connectivity index (χ0v) is 21.2. The first kappa shape index (κ1) is 28.6. The van der Waals surface area contributed by atoms with Crippen LogP contribution < -0.4 is 15.8 Å². The Morgan fingerprint density at radius 1 is 1.20 bits per heavy atom. The maximum atomic E-state index is 11.8. The van der Waals surface area contributed by atoms with E-state index in [1.54, 1.807) is 26.2 Å². The first-order chi connectivity index (χ1) is 13.6. The number of aliphatic imine (C=N–C) groups is 1. The van der Waals surface area contributed by atoms with Crippen molar-refractivity contribution in [3.8, 4) is 0 Å². The molecule has 172 valence electrons. The lowest BCUT2D eigenvalue weighted by Crippen LogP contribution is -2.43. The zero-order valence-electron chi connectivity index (χ0n) is 18.1. The third kappa shape index (κ3) is 12.3. The van der Waals surface area contributed by atoms with Crippen LogP contribution in [0.15, 0.2) is 34.2 Å². The molecule has 1 aromatic rings. The number of nitrogens with zero attached hydrogens (tertiary/aromatic N) is 2. The van der Waals surface area contributed by atoms with Gasteiger partial charge in [0, 0.05) is 33.9 Å². The van der Waals surface area contributed by atoms with Gasteiger partial charge >= 0.3 is 0 Å². The fourth-order valence-electron chi connectivity index (χ4n) is 2.15. The fraction of sp³-hybridized carbons (Fsp3) is 0.579. The van der Waals surface area contributed by atoms with Crippen molar-refractivity contribution in [2.45, 2.75) is 31.7 Å². The molecule has 30 heavy (non-hydrogen) atoms. The molecule has 0 saturated heterocycles. The summed E-state index contributed by atoms with van der Waals surface area (Å²) in [5.74, 6) is 0.927. The summed E-state index contributed by atoms with van der Waals surface area (Å²) in [6.07, 6.45) is 0.804. The summed E-state index contributed by atoms with van der Waals surface area (Å²) in [5, 5.41) is 11.3. The highest BCUT2D eigenvalue weighted by molar-refractivity contribution is 14.0. The smallest absolute Gasteiger partial charge is 0.241 e. The van der Waals surface area contributed by atoms with Crippen LogP contribution in [0, 0.1) is 5.92 Å². The minimum atomic E-state index is -3.72. The van der Waals surface area contributed by atoms with E-state index in [-0.39, 0.29) is 41.3 Å². The fourth-order valence-corrected chi connectivity index (χ4v) is 2.66. The number of primary sulfonamides is 1. The molecule has 0 aliphatic heterocycles. The van der Waals surface area contributed by atoms with Crippen molar-refractivity contribution in [2.24, 2.45) is 16.0 Å². The number of nitrogens with one attached hydrogen (secondary N) is 2. The first-order valence-electron chi connectivity index (χ1n) is 9.51. The van der Waals surface area contributed by atoms with Gasteiger partial charge in [-0.2, -0.15) is 0 Å². The lowest BCUT2D eigenvalue weighted by Gasteiger charge is -2.15. The Hall–Kier alpha value is -1.44. The van der Waals surface area contributed by atoms with Gasteiger partial charge in [0.25, 0.3) is 0 Å². The van der Waals surface area contributed by atoms with E-state index < -0.39 is 10.0 Å². The number of rotatable bonds is 11. The number of halogens is 1. The van der Waals surface area contributed by atoms with Crippen LogP contribution in [0.2, 0.25) is 0 Å². The van der Waals surface area contributed by atoms with Gasteiger partial charge in [-0.05, 0) is 30.0 Å². The number of carbonyl (C=O) groups excluding carboxylic acids is 1. The molecule has 1 aromatic carbocycles. The molecular weight excluding hydrogens is 521 g/mol. The maximum Gasteiger partial charge on any atom is 0.241 e. The molecule has 0 aliphatic rings. The van der Waals surface area contributed by atoms with Crippen LogP contribution in [-0.4, -0.2) is 65.6 Å². The first-order valence-corrected chi connectivity index (χ1v) is 11.1. The molecule has 9 nitrogen and oxygen atoms in total. The van der Waals surface area contributed by atoms with E-state index in [1.165, 1.54) is 17.0 Å². The van der Waals surface area contributed by atoms with E-state index in [0.29, 0.717) is 31.6 Å². The van der Waals surface area contributed by atoms with E-state index in [4.69, 9.17) is 9.88 Å². The van der Waals surface area contributed by atoms with Gasteiger partial charge < -0.3 is 20.3 Å². The topological polar surface area (TPSA) is 126 Å². The molecule has 0 heterocycles. The van der Waals surface area contributed by atoms with Crippen molar-refractivity contribution >= 4 is 45.9 Å². The summed E-state index contributed by atoms with van der Waals surface area (Å²) in [5.41, 5.74) is 0.817. The Kier molecular flexibility index (Phi) is 13.8. The highest BCUT2D eigenvalue weighted by Crippen LogP contribution is 2.09. The second-order valence-electron chi connectivity index (χ2n) is 7.24. The average Bonchev–Trinajstić information content (AvgIpc) is 2.64. The molecule has 0 aliphatic carbocycles. The summed E-state index contributed by atoms with van der Waals surface area (Å²) in [7, 11) is -0.341. The SMILES string of the molecule is CC(C)COCCCNC(=NCc1ccc(S(N)(=O)=O)cc1)NCC(=O)N(C)C.I. The summed E-state index contributed by atoms with van der Waals surface area (Å²) in [6, 6.07) is 6.21. The number of amides is 1. The van der Waals surface area contributed by atoms with E-state index in [9.17, 15) is 13.2 Å². The van der Waals surface area contributed by atoms with Gasteiger partial charge in [0.05, 0.1) is 18.0 Å². The second-order valence-corrected chi connectivity index (χ2v) is 8.81. The van der Waals surface area contributed by atoms with Crippen LogP contribution in [0.25, 0.3) is 0 Å². The Morgan fingerprint density at radius 3 is 2.37 bits per heavy atom. The predicted molar refractivity (Wildman–Crippen MR) is 129 cm³/mol. The van der Waals surface area contributed by atoms with Crippen molar-refractivity contribution in [3.63, 3.8) is 0 Å². The van der Waals surface area contributed by atoms with Crippen LogP contribution in [0.4, 0.5) is 0 Å². The predicted octanol–water partition coefficient (Wildman–Crippen LogP) is 1.14. The van der Waals surface area contributed by atoms with E-state index in [1.807, 2.05) is 0 Å². The molecule has 0 atom stereocenters. The highest BCUT2D eigenvalue weighted by atomic mass is 127. The van der Waals surface area contributed by atoms with Gasteiger partial charge in [0.1, 0.15) is 0 Å². The highest BCUT2D eigenvalue weighted by Gasteiger charge is 2.08. The van der Waals surface area contributed by atoms with Crippen LogP contribution >= 0.6 is 24.0 Å². The van der Waals surface area contributed by atoms with Gasteiger partial charge in [0.15, 0.2) is 5.96 Å². The molecule has 0 fully saturated rings. The molecule has 0 radical (unpaired) electrons. The molecule has 1 amide bonds. The number of sulfonamides is 1. The third-order valence-electron chi connectivity index (χ3n) is 3.79. The minimum Gasteiger partial charge on any atom is -0.381 e. The number of ether oxygens (including phenoxy) is 1. The monoisotopic (exact) mass is 555 g/mol. The van der Waals surface area contributed by atoms with E-state index in [0.717, 1.165) is 18.6 Å². The maximum absolute atomic E-state index is 11.8. The van der Waals surface area contributed by atoms with Gasteiger partial charge in [0.2, 0.25) is 15.9 Å². The lowest BCUT2D eigenvalue weighted by molar-refractivity contribution is -0.127. The number of benzene rings is 1. The second kappa shape index (κ2) is 14.5. The standard InChI is InChI=1S/C19H33N5O4S.HI/c1-15(2)14-28-11-5-10-21-19(23-13-18(25)24(3)4)22-12-16-6-8-17(9-7-16)29(20,26)27;/h6-9,15H,5,10-14H2,1-4H3,(H2,20,26,27)(H2,21,22,23);1H. The summed E-state index contributed by atoms with van der Waals surface area (Å²) < 4.78 is 28.2. The van der Waals surface area contributed by atoms with Crippen LogP contribution in [0.1, 0.15) is 25.8 Å². The van der Waals surface area contributed by atoms with Gasteiger partial charge in [-0.1, -0.05) is 26.0 Å². The molecule has 0 saturated carbocycles. The number of likely N-dealkylation sites (N-methyl/N-ethyl adjacent to an activating group) is 1. The minimum absolute atomic E-state index is 0. The van der Waals surface area contributed by atoms with Gasteiger partial charge in [-0.15, -0.1) is 24.0 Å². The summed E-state index contributed by atoms with van der Waals surface area (Å²) in [6.45, 7) is 6.65. The quantitative estimate of drug-likeness (QED) is 0.163. The van der Waals surface area contributed by atoms with Crippen molar-refractivity contribution in [1.29, 1.82) is 0 Å². The van der Waals surface area contributed by atoms with Crippen molar-refractivity contribution in [1.82, 2.24) is 15.5 Å². The number of guanidine groups is 1. The molecule has 1 rings (SSSR count). The molecular formula is C19H34IN5O4S. The van der Waals surface area contributed by atoms with Crippen LogP contribution in [-0.2, 0) is 26.1 Å². The number of hydrogen-bond donors (Lipinski definition) is 3. The number of carbonyl (C=O) groups is 1. The van der Waals surface area contributed by atoms with Crippen LogP contribution in [0.5, 0.6) is 0 Å². The molecule has 0 bridgehead atoms. The molecule has 11 heteroatoms. The lowest BCUT2D eigenvalue weighted by atomic mass is 10.2. The van der Waals surface area contributed by atoms with Crippen molar-refractivity contribution < 1.29 is 17.9 Å². The number of nitrogens with two attached hydrogens (primary N) is 1. The number of hydrogen-bond acceptors (Lipinski definition) is 5. The Bertz CT molecular complexity index is 768. The Balaban J connectivity index is 0.00000841. The molecule has 4 N–H and O–H groups in total. The molecule has 0 spiro atoms. The summed E-state index contributed by atoms with van der Waals surface area (Å²) in [4.78, 5) is 17.8. The largest absolute Gasteiger partial charge is 0.381 e. The van der Waals surface area contributed by atoms with Gasteiger partial charge in [-0.3, -0.25) is 4.79 Å². The van der Waals surface area contributed by atoms with E-state index in [2.05, 4.69) is 29.5 Å². The van der Waals surface area contributed by atoms with Crippen LogP contribution in [0.3, 0.4) is 0 Å². The molecule has 0 aromatic heterocycles. The summed E-state index contributed by atoms with van der Waals surface area (Å²) >= 11 is 0. The molecule has 0 unspecified atom stereocenters. The Morgan fingerprint density at radius 2 is 1.83 bits per heavy atom. The van der Waals surface area contributed by atoms with Crippen molar-refractivity contribution in [3.05, 3.63) is 29.8 Å². The van der Waals surface area contributed by atoms with E-state index >= 15 is 0 Å². The third-order valence-corrected chi connectivity index (χ3v) is 4.72. The average molecular weight is 555 g/mol. The zero-order chi connectivity index (χ0) is 21.9. The van der Waals surface area contributed by atoms with Crippen molar-refractivity contribution in [2.75, 3.05) is 40.4 Å².